The second-order valence-electron chi connectivity index (χ2n) is 3.18. The van der Waals surface area contributed by atoms with Gasteiger partial charge in [-0.1, -0.05) is 18.6 Å². The molecule has 0 aliphatic carbocycles. The second kappa shape index (κ2) is 6.02. The normalized spacial score (nSPS) is 9.55. The zero-order chi connectivity index (χ0) is 8.69. The Morgan fingerprint density at radius 3 is 2.09 bits per heavy atom. The average molecular weight is 153 g/mol. The molecule has 11 heavy (non-hydrogen) atoms. The summed E-state index contributed by atoms with van der Waals surface area (Å²) in [5, 5.41) is 0. The molecule has 0 amide bonds. The summed E-state index contributed by atoms with van der Waals surface area (Å²) in [4.78, 5) is 0. The number of hydrogen-bond acceptors (Lipinski definition) is 1. The van der Waals surface area contributed by atoms with Crippen molar-refractivity contribution in [2.75, 3.05) is 0 Å². The number of allylic oxidation sites excluding steroid dienone is 2. The maximum atomic E-state index is 5.42. The van der Waals surface area contributed by atoms with E-state index in [1.807, 2.05) is 0 Å². The number of nitrogens with two attached hydrogens (primary N) is 1. The van der Waals surface area contributed by atoms with E-state index in [0.29, 0.717) is 0 Å². The molecule has 0 spiro atoms. The monoisotopic (exact) mass is 153 g/mol. The molecule has 0 atom stereocenters. The summed E-state index contributed by atoms with van der Waals surface area (Å²) in [5.74, 6) is 0. The minimum absolute atomic E-state index is 0.806. The Morgan fingerprint density at radius 1 is 1.09 bits per heavy atom. The largest absolute Gasteiger partial charge is 0.403 e. The lowest BCUT2D eigenvalue weighted by Crippen LogP contribution is -1.93. The quantitative estimate of drug-likeness (QED) is 0.460. The number of unbranched alkanes of at least 4 members (excludes halogenated alkanes) is 2. The van der Waals surface area contributed by atoms with E-state index in [2.05, 4.69) is 20.1 Å². The minimum Gasteiger partial charge on any atom is -0.403 e. The summed E-state index contributed by atoms with van der Waals surface area (Å²) in [6, 6.07) is 0. The predicted molar refractivity (Wildman–Crippen MR) is 51.2 cm³/mol. The highest BCUT2D eigenvalue weighted by atomic mass is 14.5. The molecule has 0 unspecified atom stereocenters. The van der Waals surface area contributed by atoms with Gasteiger partial charge in [-0.05, 0) is 32.6 Å². The first-order valence-corrected chi connectivity index (χ1v) is 4.20. The highest BCUT2D eigenvalue weighted by molar-refractivity contribution is 4.88. The van der Waals surface area contributed by atoms with E-state index in [-0.39, 0.29) is 0 Å². The van der Waals surface area contributed by atoms with E-state index < -0.39 is 0 Å². The third-order valence-corrected chi connectivity index (χ3v) is 1.60. The van der Waals surface area contributed by atoms with Crippen LogP contribution in [-0.4, -0.2) is 0 Å². The van der Waals surface area contributed by atoms with Gasteiger partial charge in [0, 0.05) is 5.70 Å². The number of hydrogen-bond donors (Lipinski definition) is 1. The van der Waals surface area contributed by atoms with Gasteiger partial charge in [0.2, 0.25) is 0 Å². The highest BCUT2D eigenvalue weighted by Gasteiger charge is 1.90. The van der Waals surface area contributed by atoms with Gasteiger partial charge in [-0.2, -0.15) is 0 Å². The SMILES string of the molecule is C=C(C)CCCCCC(=C)N. The van der Waals surface area contributed by atoms with Gasteiger partial charge in [0.25, 0.3) is 0 Å². The molecule has 0 aliphatic rings. The summed E-state index contributed by atoms with van der Waals surface area (Å²) in [7, 11) is 0. The zero-order valence-corrected chi connectivity index (χ0v) is 7.53. The van der Waals surface area contributed by atoms with E-state index in [1.165, 1.54) is 24.8 Å². The molecule has 1 nitrogen and oxygen atoms in total. The Bertz CT molecular complexity index is 120. The van der Waals surface area contributed by atoms with Crippen LogP contribution in [0.1, 0.15) is 39.0 Å². The molecule has 0 aliphatic heterocycles. The highest BCUT2D eigenvalue weighted by Crippen LogP contribution is 2.08. The third kappa shape index (κ3) is 9.28. The fourth-order valence-corrected chi connectivity index (χ4v) is 0.956. The Kier molecular flexibility index (Phi) is 5.63. The van der Waals surface area contributed by atoms with E-state index in [1.54, 1.807) is 0 Å². The van der Waals surface area contributed by atoms with Crippen LogP contribution in [0.2, 0.25) is 0 Å². The van der Waals surface area contributed by atoms with Gasteiger partial charge in [0.05, 0.1) is 0 Å². The molecular weight excluding hydrogens is 134 g/mol. The average Bonchev–Trinajstić information content (AvgIpc) is 1.85. The van der Waals surface area contributed by atoms with Crippen LogP contribution in [0.3, 0.4) is 0 Å². The molecule has 0 fully saturated rings. The lowest BCUT2D eigenvalue weighted by atomic mass is 10.1. The van der Waals surface area contributed by atoms with E-state index >= 15 is 0 Å². The molecule has 0 bridgehead atoms. The van der Waals surface area contributed by atoms with Crippen LogP contribution < -0.4 is 5.73 Å². The summed E-state index contributed by atoms with van der Waals surface area (Å²) in [5.41, 5.74) is 7.50. The van der Waals surface area contributed by atoms with Crippen LogP contribution in [0.15, 0.2) is 24.4 Å². The minimum atomic E-state index is 0.806. The van der Waals surface area contributed by atoms with Crippen LogP contribution in [0.4, 0.5) is 0 Å². The molecule has 64 valence electrons. The molecule has 0 aromatic heterocycles. The third-order valence-electron chi connectivity index (χ3n) is 1.60. The zero-order valence-electron chi connectivity index (χ0n) is 7.53. The second-order valence-corrected chi connectivity index (χ2v) is 3.18. The lowest BCUT2D eigenvalue weighted by Gasteiger charge is -2.00. The first-order valence-electron chi connectivity index (χ1n) is 4.20. The van der Waals surface area contributed by atoms with E-state index in [9.17, 15) is 0 Å². The van der Waals surface area contributed by atoms with Gasteiger partial charge >= 0.3 is 0 Å². The molecule has 1 heteroatoms. The number of rotatable bonds is 6. The molecule has 0 saturated carbocycles. The molecule has 0 rings (SSSR count). The standard InChI is InChI=1S/C10H19N/c1-9(2)7-5-4-6-8-10(3)11/h1,3-8,11H2,2H3. The van der Waals surface area contributed by atoms with E-state index in [4.69, 9.17) is 5.73 Å². The van der Waals surface area contributed by atoms with Crippen molar-refractivity contribution < 1.29 is 0 Å². The first kappa shape index (κ1) is 10.3. The van der Waals surface area contributed by atoms with Crippen molar-refractivity contribution in [2.24, 2.45) is 5.73 Å². The first-order chi connectivity index (χ1) is 5.13. The smallest absolute Gasteiger partial charge is 0.000744 e. The Balaban J connectivity index is 3.03. The molecule has 0 saturated heterocycles. The summed E-state index contributed by atoms with van der Waals surface area (Å²) >= 11 is 0. The van der Waals surface area contributed by atoms with Crippen LogP contribution in [0.25, 0.3) is 0 Å². The van der Waals surface area contributed by atoms with Crippen LogP contribution >= 0.6 is 0 Å². The van der Waals surface area contributed by atoms with Crippen LogP contribution in [0.5, 0.6) is 0 Å². The van der Waals surface area contributed by atoms with Crippen molar-refractivity contribution in [3.8, 4) is 0 Å². The van der Waals surface area contributed by atoms with Crippen molar-refractivity contribution in [3.63, 3.8) is 0 Å². The molecular formula is C10H19N. The van der Waals surface area contributed by atoms with Crippen LogP contribution in [-0.2, 0) is 0 Å². The summed E-state index contributed by atoms with van der Waals surface area (Å²) in [6.45, 7) is 9.57. The predicted octanol–water partition coefficient (Wildman–Crippen LogP) is 2.99. The topological polar surface area (TPSA) is 26.0 Å². The lowest BCUT2D eigenvalue weighted by molar-refractivity contribution is 0.672. The van der Waals surface area contributed by atoms with Gasteiger partial charge in [0.15, 0.2) is 0 Å². The van der Waals surface area contributed by atoms with Gasteiger partial charge in [0.1, 0.15) is 0 Å². The van der Waals surface area contributed by atoms with Crippen molar-refractivity contribution in [2.45, 2.75) is 39.0 Å². The molecule has 0 heterocycles. The fourth-order valence-electron chi connectivity index (χ4n) is 0.956. The van der Waals surface area contributed by atoms with Crippen molar-refractivity contribution >= 4 is 0 Å². The molecule has 2 N–H and O–H groups in total. The molecule has 0 aromatic rings. The van der Waals surface area contributed by atoms with Crippen molar-refractivity contribution in [1.82, 2.24) is 0 Å². The molecule has 0 radical (unpaired) electrons. The van der Waals surface area contributed by atoms with Gasteiger partial charge in [-0.25, -0.2) is 0 Å². The van der Waals surface area contributed by atoms with Crippen molar-refractivity contribution in [3.05, 3.63) is 24.4 Å². The van der Waals surface area contributed by atoms with E-state index in [0.717, 1.165) is 18.5 Å². The summed E-state index contributed by atoms with van der Waals surface area (Å²) in [6.07, 6.45) is 5.77. The van der Waals surface area contributed by atoms with Crippen molar-refractivity contribution in [1.29, 1.82) is 0 Å². The maximum absolute atomic E-state index is 5.42. The summed E-state index contributed by atoms with van der Waals surface area (Å²) < 4.78 is 0. The molecule has 0 aromatic carbocycles. The Morgan fingerprint density at radius 2 is 1.64 bits per heavy atom. The van der Waals surface area contributed by atoms with Gasteiger partial charge in [-0.15, -0.1) is 6.58 Å². The van der Waals surface area contributed by atoms with Gasteiger partial charge < -0.3 is 5.73 Å². The Hall–Kier alpha value is -0.720. The Labute approximate surface area is 70.0 Å². The maximum Gasteiger partial charge on any atom is 0.000744 e. The van der Waals surface area contributed by atoms with Gasteiger partial charge in [-0.3, -0.25) is 0 Å². The van der Waals surface area contributed by atoms with Crippen LogP contribution in [0, 0.1) is 0 Å². The fraction of sp³-hybridized carbons (Fsp3) is 0.600.